The summed E-state index contributed by atoms with van der Waals surface area (Å²) < 4.78 is 0. The molecule has 2 aromatic rings. The van der Waals surface area contributed by atoms with Crippen molar-refractivity contribution in [3.8, 4) is 6.07 Å². The predicted octanol–water partition coefficient (Wildman–Crippen LogP) is 0.117. The Kier molecular flexibility index (Phi) is 7.03. The van der Waals surface area contributed by atoms with Crippen LogP contribution in [0.1, 0.15) is 27.8 Å². The van der Waals surface area contributed by atoms with Gasteiger partial charge in [-0.25, -0.2) is 0 Å². The molecule has 2 N–H and O–H groups in total. The molecule has 2 aromatic carbocycles. The summed E-state index contributed by atoms with van der Waals surface area (Å²) in [6.07, 6.45) is 0. The number of carbonyl (C=O) groups excluding carboxylic acids is 1. The first-order chi connectivity index (χ1) is 13.9. The van der Waals surface area contributed by atoms with Gasteiger partial charge in [-0.1, -0.05) is 35.9 Å². The molecule has 1 saturated heterocycles. The SMILES string of the molecule is Cc1ccc(CN(C)C(=O)C[NH+]2CC[NH+](Cc3ccc(C#N)cc3)CC2)c(C)c1. The first kappa shape index (κ1) is 21.0. The van der Waals surface area contributed by atoms with Crippen molar-refractivity contribution < 1.29 is 14.6 Å². The van der Waals surface area contributed by atoms with E-state index in [0.29, 0.717) is 18.7 Å². The molecule has 0 aliphatic carbocycles. The van der Waals surface area contributed by atoms with Crippen LogP contribution in [0.15, 0.2) is 42.5 Å². The molecule has 0 spiro atoms. The van der Waals surface area contributed by atoms with Crippen LogP contribution in [0.2, 0.25) is 0 Å². The van der Waals surface area contributed by atoms with Crippen LogP contribution in [0, 0.1) is 25.2 Å². The minimum absolute atomic E-state index is 0.218. The Morgan fingerprint density at radius 2 is 1.69 bits per heavy atom. The molecule has 1 amide bonds. The summed E-state index contributed by atoms with van der Waals surface area (Å²) >= 11 is 0. The zero-order chi connectivity index (χ0) is 20.8. The van der Waals surface area contributed by atoms with Gasteiger partial charge in [0.05, 0.1) is 11.6 Å². The molecule has 29 heavy (non-hydrogen) atoms. The quantitative estimate of drug-likeness (QED) is 0.734. The van der Waals surface area contributed by atoms with Gasteiger partial charge in [0.25, 0.3) is 5.91 Å². The molecule has 0 aromatic heterocycles. The molecule has 1 aliphatic rings. The van der Waals surface area contributed by atoms with Crippen LogP contribution in [0.25, 0.3) is 0 Å². The standard InChI is InChI=1S/C24H30N4O/c1-19-4-9-23(20(2)14-19)17-26(3)24(29)18-28-12-10-27(11-13-28)16-22-7-5-21(15-25)6-8-22/h4-9,14H,10-13,16-18H2,1-3H3/p+2. The molecule has 3 rings (SSSR count). The normalized spacial score (nSPS) is 18.8. The second-order valence-corrected chi connectivity index (χ2v) is 8.34. The molecule has 0 radical (unpaired) electrons. The van der Waals surface area contributed by atoms with Gasteiger partial charge in [0, 0.05) is 19.2 Å². The third-order valence-corrected chi connectivity index (χ3v) is 5.93. The number of likely N-dealkylation sites (N-methyl/N-ethyl adjacent to an activating group) is 1. The molecule has 0 saturated carbocycles. The maximum atomic E-state index is 12.7. The Morgan fingerprint density at radius 3 is 2.31 bits per heavy atom. The van der Waals surface area contributed by atoms with E-state index in [0.717, 1.165) is 32.7 Å². The van der Waals surface area contributed by atoms with E-state index in [9.17, 15) is 4.79 Å². The number of nitrogens with zero attached hydrogens (tertiary/aromatic N) is 2. The highest BCUT2D eigenvalue weighted by atomic mass is 16.2. The first-order valence-electron chi connectivity index (χ1n) is 10.4. The summed E-state index contributed by atoms with van der Waals surface area (Å²) in [5, 5.41) is 8.91. The topological polar surface area (TPSA) is 53.0 Å². The smallest absolute Gasteiger partial charge is 0.277 e. The largest absolute Gasteiger partial charge is 0.337 e. The zero-order valence-electron chi connectivity index (χ0n) is 17.8. The third-order valence-electron chi connectivity index (χ3n) is 5.93. The second-order valence-electron chi connectivity index (χ2n) is 8.34. The van der Waals surface area contributed by atoms with E-state index in [2.05, 4.69) is 50.2 Å². The molecule has 0 unspecified atom stereocenters. The van der Waals surface area contributed by atoms with Crippen molar-refractivity contribution in [3.05, 3.63) is 70.3 Å². The lowest BCUT2D eigenvalue weighted by atomic mass is 10.1. The summed E-state index contributed by atoms with van der Waals surface area (Å²) in [6, 6.07) is 16.5. The van der Waals surface area contributed by atoms with Gasteiger partial charge in [-0.2, -0.15) is 5.26 Å². The van der Waals surface area contributed by atoms with E-state index in [4.69, 9.17) is 5.26 Å². The number of amides is 1. The van der Waals surface area contributed by atoms with Crippen LogP contribution in [-0.4, -0.2) is 50.6 Å². The number of piperazine rings is 1. The maximum Gasteiger partial charge on any atom is 0.277 e. The van der Waals surface area contributed by atoms with Gasteiger partial charge in [0.15, 0.2) is 6.54 Å². The highest BCUT2D eigenvalue weighted by molar-refractivity contribution is 5.76. The van der Waals surface area contributed by atoms with Crippen molar-refractivity contribution in [2.75, 3.05) is 39.8 Å². The molecule has 5 nitrogen and oxygen atoms in total. The maximum absolute atomic E-state index is 12.7. The van der Waals surface area contributed by atoms with Crippen LogP contribution in [-0.2, 0) is 17.9 Å². The van der Waals surface area contributed by atoms with E-state index in [-0.39, 0.29) is 5.91 Å². The molecular formula is C24H32N4O+2. The number of carbonyl (C=O) groups is 1. The van der Waals surface area contributed by atoms with E-state index < -0.39 is 0 Å². The average molecular weight is 393 g/mol. The zero-order valence-corrected chi connectivity index (χ0v) is 17.8. The molecule has 5 heteroatoms. The van der Waals surface area contributed by atoms with Crippen LogP contribution < -0.4 is 9.80 Å². The number of benzene rings is 2. The molecule has 1 fully saturated rings. The van der Waals surface area contributed by atoms with Gasteiger partial charge in [0.1, 0.15) is 32.7 Å². The monoisotopic (exact) mass is 392 g/mol. The van der Waals surface area contributed by atoms with Gasteiger partial charge in [0.2, 0.25) is 0 Å². The Labute approximate surface area is 174 Å². The number of nitrogens with one attached hydrogen (secondary N) is 2. The van der Waals surface area contributed by atoms with E-state index >= 15 is 0 Å². The Morgan fingerprint density at radius 1 is 1.03 bits per heavy atom. The van der Waals surface area contributed by atoms with E-state index in [1.54, 1.807) is 4.90 Å². The number of nitriles is 1. The van der Waals surface area contributed by atoms with Gasteiger partial charge >= 0.3 is 0 Å². The molecule has 152 valence electrons. The van der Waals surface area contributed by atoms with Gasteiger partial charge in [-0.05, 0) is 37.1 Å². The third kappa shape index (κ3) is 5.90. The lowest BCUT2D eigenvalue weighted by molar-refractivity contribution is -1.02. The fraction of sp³-hybridized carbons (Fsp3) is 0.417. The molecule has 0 bridgehead atoms. The number of quaternary nitrogens is 2. The van der Waals surface area contributed by atoms with Gasteiger partial charge in [-0.15, -0.1) is 0 Å². The van der Waals surface area contributed by atoms with Crippen molar-refractivity contribution in [2.24, 2.45) is 0 Å². The van der Waals surface area contributed by atoms with Crippen LogP contribution in [0.3, 0.4) is 0 Å². The van der Waals surface area contributed by atoms with Crippen molar-refractivity contribution in [3.63, 3.8) is 0 Å². The number of hydrogen-bond acceptors (Lipinski definition) is 2. The average Bonchev–Trinajstić information content (AvgIpc) is 2.72. The molecular weight excluding hydrogens is 360 g/mol. The highest BCUT2D eigenvalue weighted by Crippen LogP contribution is 2.12. The highest BCUT2D eigenvalue weighted by Gasteiger charge is 2.26. The lowest BCUT2D eigenvalue weighted by Gasteiger charge is -2.30. The van der Waals surface area contributed by atoms with Gasteiger partial charge in [-0.3, -0.25) is 4.79 Å². The van der Waals surface area contributed by atoms with Crippen LogP contribution in [0.5, 0.6) is 0 Å². The first-order valence-corrected chi connectivity index (χ1v) is 10.4. The Balaban J connectivity index is 1.44. The minimum atomic E-state index is 0.218. The Bertz CT molecular complexity index is 877. The number of rotatable bonds is 6. The summed E-state index contributed by atoms with van der Waals surface area (Å²) in [5.74, 6) is 0.218. The minimum Gasteiger partial charge on any atom is -0.337 e. The van der Waals surface area contributed by atoms with E-state index in [1.165, 1.54) is 27.2 Å². The van der Waals surface area contributed by atoms with Crippen molar-refractivity contribution in [1.29, 1.82) is 5.26 Å². The molecule has 1 aliphatic heterocycles. The Hall–Kier alpha value is -2.68. The fourth-order valence-corrected chi connectivity index (χ4v) is 4.01. The van der Waals surface area contributed by atoms with Gasteiger partial charge < -0.3 is 14.7 Å². The van der Waals surface area contributed by atoms with Crippen molar-refractivity contribution >= 4 is 5.91 Å². The summed E-state index contributed by atoms with van der Waals surface area (Å²) in [6.45, 7) is 10.6. The number of aryl methyl sites for hydroxylation is 2. The number of hydrogen-bond donors (Lipinski definition) is 2. The summed E-state index contributed by atoms with van der Waals surface area (Å²) in [4.78, 5) is 17.5. The van der Waals surface area contributed by atoms with E-state index in [1.807, 2.05) is 24.1 Å². The second kappa shape index (κ2) is 9.69. The fourth-order valence-electron chi connectivity index (χ4n) is 4.01. The summed E-state index contributed by atoms with van der Waals surface area (Å²) in [5.41, 5.74) is 5.70. The van der Waals surface area contributed by atoms with Crippen molar-refractivity contribution in [2.45, 2.75) is 26.9 Å². The van der Waals surface area contributed by atoms with Crippen LogP contribution >= 0.6 is 0 Å². The van der Waals surface area contributed by atoms with Crippen molar-refractivity contribution in [1.82, 2.24) is 4.90 Å². The lowest BCUT2D eigenvalue weighted by Crippen LogP contribution is -3.28. The summed E-state index contributed by atoms with van der Waals surface area (Å²) in [7, 11) is 1.91. The molecule has 1 heterocycles. The van der Waals surface area contributed by atoms with Crippen LogP contribution in [0.4, 0.5) is 0 Å². The predicted molar refractivity (Wildman–Crippen MR) is 114 cm³/mol. The molecule has 0 atom stereocenters.